The van der Waals surface area contributed by atoms with E-state index >= 15 is 0 Å². The van der Waals surface area contributed by atoms with Gasteiger partial charge in [0, 0.05) is 6.54 Å². The number of carbonyl (C=O) groups excluding carboxylic acids is 1. The highest BCUT2D eigenvalue weighted by atomic mass is 16.6. The Labute approximate surface area is 475 Å². The lowest BCUT2D eigenvalue weighted by molar-refractivity contribution is -0.138. The molecule has 28 heteroatoms. The minimum Gasteiger partial charge on any atom is -0.481 e. The molecule has 0 saturated heterocycles. The second-order valence-electron chi connectivity index (χ2n) is 15.9. The van der Waals surface area contributed by atoms with Crippen LogP contribution in [0.3, 0.4) is 0 Å². The van der Waals surface area contributed by atoms with Crippen LogP contribution in [0.4, 0.5) is 0 Å². The van der Waals surface area contributed by atoms with Gasteiger partial charge in [-0.2, -0.15) is 0 Å². The SMILES string of the molecule is O=CNCCOCCOCCOCCOCCOCCOCCOCCOCCOCCOCCOCCOCCOCCOCCOCCOCCOCCOCCOCCOCCOCCOCCOCCOCCC(=O)O. The molecule has 0 aromatic carbocycles. The molecular weight excluding hydrogens is 1070 g/mol. The zero-order valence-corrected chi connectivity index (χ0v) is 48.0. The van der Waals surface area contributed by atoms with Crippen LogP contribution in [-0.4, -0.2) is 341 Å². The zero-order valence-electron chi connectivity index (χ0n) is 48.0. The van der Waals surface area contributed by atoms with Crippen LogP contribution in [0.15, 0.2) is 0 Å². The molecule has 0 fully saturated rings. The van der Waals surface area contributed by atoms with E-state index in [0.29, 0.717) is 323 Å². The van der Waals surface area contributed by atoms with E-state index in [1.165, 1.54) is 0 Å². The van der Waals surface area contributed by atoms with Gasteiger partial charge < -0.3 is 124 Å². The van der Waals surface area contributed by atoms with Gasteiger partial charge in [0.1, 0.15) is 0 Å². The average Bonchev–Trinajstić information content (AvgIpc) is 3.46. The fraction of sp³-hybridized carbons (Fsp3) is 0.962. The Morgan fingerprint density at radius 3 is 0.438 bits per heavy atom. The number of hydrogen-bond acceptors (Lipinski definition) is 26. The maximum absolute atomic E-state index is 10.4. The Hall–Kier alpha value is -2.02. The quantitative estimate of drug-likeness (QED) is 0.0579. The van der Waals surface area contributed by atoms with E-state index < -0.39 is 5.97 Å². The minimum atomic E-state index is -0.880. The van der Waals surface area contributed by atoms with Crippen LogP contribution in [-0.2, 0) is 123 Å². The Morgan fingerprint density at radius 2 is 0.325 bits per heavy atom. The molecule has 0 heterocycles. The van der Waals surface area contributed by atoms with Crippen molar-refractivity contribution in [1.82, 2.24) is 5.32 Å². The lowest BCUT2D eigenvalue weighted by Gasteiger charge is -2.09. The van der Waals surface area contributed by atoms with Gasteiger partial charge in [0.15, 0.2) is 0 Å². The molecule has 80 heavy (non-hydrogen) atoms. The van der Waals surface area contributed by atoms with Gasteiger partial charge >= 0.3 is 5.97 Å². The van der Waals surface area contributed by atoms with Crippen molar-refractivity contribution in [1.29, 1.82) is 0 Å². The fourth-order valence-electron chi connectivity index (χ4n) is 5.51. The van der Waals surface area contributed by atoms with Gasteiger partial charge in [-0.15, -0.1) is 0 Å². The van der Waals surface area contributed by atoms with Gasteiger partial charge in [-0.3, -0.25) is 9.59 Å². The Morgan fingerprint density at radius 1 is 0.212 bits per heavy atom. The minimum absolute atomic E-state index is 0.0104. The second kappa shape index (κ2) is 75.0. The van der Waals surface area contributed by atoms with Crippen LogP contribution >= 0.6 is 0 Å². The molecule has 0 aliphatic carbocycles. The summed E-state index contributed by atoms with van der Waals surface area (Å²) in [6.45, 7) is 22.9. The van der Waals surface area contributed by atoms with E-state index in [1.807, 2.05) is 0 Å². The topological polar surface area (TPSA) is 288 Å². The van der Waals surface area contributed by atoms with Crippen LogP contribution in [0.25, 0.3) is 0 Å². The lowest BCUT2D eigenvalue weighted by Crippen LogP contribution is -2.19. The van der Waals surface area contributed by atoms with E-state index in [0.717, 1.165) is 0 Å². The number of carboxylic acids is 1. The van der Waals surface area contributed by atoms with Gasteiger partial charge in [-0.25, -0.2) is 0 Å². The summed E-state index contributed by atoms with van der Waals surface area (Å²) >= 11 is 0. The van der Waals surface area contributed by atoms with Gasteiger partial charge in [0.2, 0.25) is 6.41 Å². The molecule has 478 valence electrons. The first-order valence-electron chi connectivity index (χ1n) is 28.0. The maximum Gasteiger partial charge on any atom is 0.305 e. The van der Waals surface area contributed by atoms with Crippen molar-refractivity contribution in [3.63, 3.8) is 0 Å². The van der Waals surface area contributed by atoms with Crippen molar-refractivity contribution in [2.45, 2.75) is 6.42 Å². The molecule has 0 aromatic rings. The molecule has 0 aliphatic rings. The van der Waals surface area contributed by atoms with E-state index in [9.17, 15) is 9.59 Å². The van der Waals surface area contributed by atoms with Crippen molar-refractivity contribution >= 4 is 12.4 Å². The fourth-order valence-corrected chi connectivity index (χ4v) is 5.51. The third-order valence-corrected chi connectivity index (χ3v) is 9.49. The van der Waals surface area contributed by atoms with E-state index in [4.69, 9.17) is 119 Å². The summed E-state index contributed by atoms with van der Waals surface area (Å²) in [4.78, 5) is 20.5. The number of carbonyl (C=O) groups is 2. The zero-order chi connectivity index (χ0) is 57.3. The van der Waals surface area contributed by atoms with E-state index in [1.54, 1.807) is 0 Å². The number of amides is 1. The van der Waals surface area contributed by atoms with Crippen molar-refractivity contribution in [3.8, 4) is 0 Å². The molecule has 0 rings (SSSR count). The van der Waals surface area contributed by atoms with Crippen molar-refractivity contribution in [3.05, 3.63) is 0 Å². The number of ether oxygens (including phenoxy) is 24. The van der Waals surface area contributed by atoms with Gasteiger partial charge in [-0.05, 0) is 0 Å². The number of hydrogen-bond donors (Lipinski definition) is 2. The lowest BCUT2D eigenvalue weighted by atomic mass is 10.5. The van der Waals surface area contributed by atoms with Crippen molar-refractivity contribution in [2.75, 3.05) is 324 Å². The summed E-state index contributed by atoms with van der Waals surface area (Å²) in [5.74, 6) is -0.880. The highest BCUT2D eigenvalue weighted by Gasteiger charge is 2.01. The molecule has 1 amide bonds. The van der Waals surface area contributed by atoms with Crippen molar-refractivity contribution in [2.24, 2.45) is 0 Å². The maximum atomic E-state index is 10.4. The number of nitrogens with one attached hydrogen (secondary N) is 1. The molecule has 0 saturated carbocycles. The first-order valence-corrected chi connectivity index (χ1v) is 28.0. The second-order valence-corrected chi connectivity index (χ2v) is 15.9. The monoisotopic (exact) mass is 1170 g/mol. The average molecular weight is 1170 g/mol. The summed E-state index contributed by atoms with van der Waals surface area (Å²) in [7, 11) is 0. The number of rotatable bonds is 76. The van der Waals surface area contributed by atoms with Crippen LogP contribution in [0.1, 0.15) is 6.42 Å². The molecule has 0 unspecified atom stereocenters. The Bertz CT molecular complexity index is 1150. The summed E-state index contributed by atoms with van der Waals surface area (Å²) < 4.78 is 131. The Balaban J connectivity index is 3.08. The molecule has 28 nitrogen and oxygen atoms in total. The van der Waals surface area contributed by atoms with Gasteiger partial charge in [0.05, 0.1) is 324 Å². The molecule has 0 aliphatic heterocycles. The summed E-state index contributed by atoms with van der Waals surface area (Å²) in [6, 6.07) is 0. The molecule has 0 radical (unpaired) electrons. The van der Waals surface area contributed by atoms with Crippen LogP contribution in [0.5, 0.6) is 0 Å². The molecule has 0 spiro atoms. The highest BCUT2D eigenvalue weighted by molar-refractivity contribution is 5.66. The molecule has 0 aromatic heterocycles. The smallest absolute Gasteiger partial charge is 0.305 e. The largest absolute Gasteiger partial charge is 0.481 e. The van der Waals surface area contributed by atoms with E-state index in [2.05, 4.69) is 5.32 Å². The van der Waals surface area contributed by atoms with Gasteiger partial charge in [0.25, 0.3) is 0 Å². The third-order valence-electron chi connectivity index (χ3n) is 9.49. The predicted molar refractivity (Wildman–Crippen MR) is 286 cm³/mol. The van der Waals surface area contributed by atoms with E-state index in [-0.39, 0.29) is 13.0 Å². The van der Waals surface area contributed by atoms with Gasteiger partial charge in [-0.1, -0.05) is 0 Å². The number of carboxylic acid groups (broad SMARTS) is 1. The normalized spacial score (nSPS) is 11.6. The summed E-state index contributed by atoms with van der Waals surface area (Å²) in [6.07, 6.45) is 0.632. The molecule has 2 N–H and O–H groups in total. The number of aliphatic carboxylic acids is 1. The third kappa shape index (κ3) is 76.0. The van der Waals surface area contributed by atoms with Crippen molar-refractivity contribution < 1.29 is 128 Å². The first kappa shape index (κ1) is 78.0. The molecule has 0 bridgehead atoms. The molecule has 0 atom stereocenters. The Kier molecular flexibility index (Phi) is 73.1. The van der Waals surface area contributed by atoms with Crippen LogP contribution in [0.2, 0.25) is 0 Å². The predicted octanol–water partition coefficient (Wildman–Crippen LogP) is -0.395. The summed E-state index contributed by atoms with van der Waals surface area (Å²) in [5.41, 5.74) is 0. The summed E-state index contributed by atoms with van der Waals surface area (Å²) in [5, 5.41) is 11.0. The van der Waals surface area contributed by atoms with Crippen LogP contribution < -0.4 is 5.32 Å². The van der Waals surface area contributed by atoms with Crippen LogP contribution in [0, 0.1) is 0 Å². The first-order chi connectivity index (χ1) is 39.8. The standard InChI is InChI=1S/C52H103NO27/c54-51-53-2-4-58-6-8-60-10-12-62-14-16-64-18-20-66-22-24-68-26-28-70-30-32-72-34-36-74-38-40-76-42-44-78-46-48-80-50-49-79-47-45-77-43-41-75-39-37-73-35-33-71-31-29-69-27-25-67-23-21-65-19-17-63-15-13-61-11-9-59-7-5-57-3-1-52(55)56/h51H,1-50H2,(H,53,54)(H,55,56). The molecular formula is C52H103NO27. The highest BCUT2D eigenvalue weighted by Crippen LogP contribution is 1.91.